The summed E-state index contributed by atoms with van der Waals surface area (Å²) < 4.78 is 28.9. The van der Waals surface area contributed by atoms with Gasteiger partial charge in [0.1, 0.15) is 29.3 Å². The lowest BCUT2D eigenvalue weighted by molar-refractivity contribution is -0.127. The maximum absolute atomic E-state index is 13.9. The maximum atomic E-state index is 13.9. The number of benzene rings is 7. The van der Waals surface area contributed by atoms with Crippen LogP contribution in [-0.4, -0.2) is 116 Å². The van der Waals surface area contributed by atoms with Gasteiger partial charge in [0.05, 0.1) is 21.4 Å². The number of nitrogens with one attached hydrogen (secondary N) is 1. The van der Waals surface area contributed by atoms with Gasteiger partial charge in [-0.05, 0) is 136 Å². The van der Waals surface area contributed by atoms with Gasteiger partial charge < -0.3 is 54.3 Å². The van der Waals surface area contributed by atoms with Crippen LogP contribution in [0.2, 0.25) is 10.0 Å². The van der Waals surface area contributed by atoms with Crippen LogP contribution in [0.3, 0.4) is 0 Å². The van der Waals surface area contributed by atoms with Gasteiger partial charge in [0.2, 0.25) is 0 Å². The molecule has 0 radical (unpaired) electrons. The van der Waals surface area contributed by atoms with Gasteiger partial charge in [-0.1, -0.05) is 126 Å². The minimum absolute atomic E-state index is 0.0401. The highest BCUT2D eigenvalue weighted by molar-refractivity contribution is 6.35. The SMILES string of the molecule is Cc1cc(-c2cc3c(cc2Cl)N(CC2CN(C(=O)OC(C)(C)C)C2)C(=O)[C@@H](CCN)O3)c2ccccc2c1.Cc1cc(-c2cc3c(cc2Cl)N(CC2CN(C(=O)OC(C)(C)C)C2)C(=O)[C@@H](CCNC(=O)OCc2ccccc2)O3)c2ccccc2c1. The number of carbonyl (C=O) groups excluding carboxylic acids is 5. The summed E-state index contributed by atoms with van der Waals surface area (Å²) in [6.07, 6.45) is -2.15. The van der Waals surface area contributed by atoms with Crippen LogP contribution in [0.15, 0.2) is 127 Å². The van der Waals surface area contributed by atoms with E-state index in [1.54, 1.807) is 25.7 Å². The standard InChI is InChI=1S/C38H40ClN3O6.C30H34ClN3O4/c1-24-16-27-12-8-9-13-28(27)29(17-24)30-18-34-32(19-31(30)39)42(22-26-20-41(21-26)37(45)48-38(2,3)4)35(43)33(47-34)14-15-40-36(44)46-23-25-10-6-5-7-11-25;1-18-11-20-7-5-6-8-21(20)22(12-18)23-13-27-25(14-24(23)31)34(28(35)26(37-27)9-10-32)17-19-15-33(16-19)29(36)38-30(2,3)4/h5-13,16-19,26,33H,14-15,20-23H2,1-4H3,(H,40,44);5-8,11-14,19,26H,9-10,15-17,32H2,1-4H3/t33-;26-/m11/s1. The Morgan fingerprint density at radius 2 is 1.01 bits per heavy atom. The molecule has 4 heterocycles. The van der Waals surface area contributed by atoms with Crippen molar-refractivity contribution in [3.63, 3.8) is 0 Å². The number of alkyl carbamates (subject to hydrolysis) is 1. The predicted octanol–water partition coefficient (Wildman–Crippen LogP) is 13.5. The van der Waals surface area contributed by atoms with E-state index in [0.717, 1.165) is 60.5 Å². The minimum Gasteiger partial charge on any atom is -0.478 e. The molecule has 18 heteroatoms. The molecule has 0 bridgehead atoms. The monoisotopic (exact) mass is 1200 g/mol. The fraction of sp³-hybridized carbons (Fsp3) is 0.368. The van der Waals surface area contributed by atoms with Crippen LogP contribution >= 0.6 is 23.2 Å². The van der Waals surface area contributed by atoms with Gasteiger partial charge in [-0.25, -0.2) is 14.4 Å². The fourth-order valence-corrected chi connectivity index (χ4v) is 11.8. The summed E-state index contributed by atoms with van der Waals surface area (Å²) in [5.74, 6) is 0.926. The molecule has 0 spiro atoms. The lowest BCUT2D eigenvalue weighted by Crippen LogP contribution is -2.57. The van der Waals surface area contributed by atoms with E-state index in [9.17, 15) is 24.0 Å². The highest BCUT2D eigenvalue weighted by atomic mass is 35.5. The van der Waals surface area contributed by atoms with Crippen molar-refractivity contribution in [2.45, 2.75) is 98.2 Å². The van der Waals surface area contributed by atoms with Crippen LogP contribution < -0.4 is 30.3 Å². The van der Waals surface area contributed by atoms with E-state index in [1.807, 2.05) is 121 Å². The molecular formula is C68H74Cl2N6O10. The second kappa shape index (κ2) is 25.5. The van der Waals surface area contributed by atoms with Gasteiger partial charge in [0.25, 0.3) is 11.8 Å². The Bertz CT molecular complexity index is 3700. The Kier molecular flexibility index (Phi) is 18.1. The van der Waals surface area contributed by atoms with Gasteiger partial charge in [-0.2, -0.15) is 0 Å². The lowest BCUT2D eigenvalue weighted by Gasteiger charge is -2.43. The molecule has 7 aromatic rings. The number of ether oxygens (including phenoxy) is 5. The molecule has 7 aromatic carbocycles. The van der Waals surface area contributed by atoms with E-state index in [-0.39, 0.29) is 55.4 Å². The molecule has 2 fully saturated rings. The molecule has 2 atom stereocenters. The van der Waals surface area contributed by atoms with Crippen LogP contribution in [0.4, 0.5) is 25.8 Å². The zero-order chi connectivity index (χ0) is 61.2. The van der Waals surface area contributed by atoms with Crippen molar-refractivity contribution in [2.75, 3.05) is 62.2 Å². The molecule has 4 aliphatic rings. The van der Waals surface area contributed by atoms with Crippen LogP contribution in [0.5, 0.6) is 11.5 Å². The minimum atomic E-state index is -0.850. The Balaban J connectivity index is 0.000000196. The summed E-state index contributed by atoms with van der Waals surface area (Å²) in [4.78, 5) is 71.5. The third-order valence-corrected chi connectivity index (χ3v) is 15.9. The normalized spacial score (nSPS) is 16.9. The molecule has 3 N–H and O–H groups in total. The fourth-order valence-electron chi connectivity index (χ4n) is 11.3. The van der Waals surface area contributed by atoms with Crippen molar-refractivity contribution in [3.8, 4) is 33.8 Å². The smallest absolute Gasteiger partial charge is 0.410 e. The third-order valence-electron chi connectivity index (χ3n) is 15.3. The summed E-state index contributed by atoms with van der Waals surface area (Å²) in [5.41, 5.74) is 12.6. The number of likely N-dealkylation sites (tertiary alicyclic amines) is 2. The van der Waals surface area contributed by atoms with Crippen LogP contribution in [0, 0.1) is 25.7 Å². The van der Waals surface area contributed by atoms with Crippen molar-refractivity contribution in [1.82, 2.24) is 15.1 Å². The average molecular weight is 1210 g/mol. The van der Waals surface area contributed by atoms with E-state index in [2.05, 4.69) is 60.8 Å². The third kappa shape index (κ3) is 14.1. The predicted molar refractivity (Wildman–Crippen MR) is 337 cm³/mol. The first-order valence-corrected chi connectivity index (χ1v) is 30.0. The van der Waals surface area contributed by atoms with E-state index in [1.165, 1.54) is 0 Å². The molecule has 5 amide bonds. The Morgan fingerprint density at radius 1 is 0.581 bits per heavy atom. The zero-order valence-electron chi connectivity index (χ0n) is 49.9. The number of carbonyl (C=O) groups is 5. The lowest BCUT2D eigenvalue weighted by atomic mass is 9.94. The summed E-state index contributed by atoms with van der Waals surface area (Å²) in [5, 5.41) is 8.17. The van der Waals surface area contributed by atoms with Crippen molar-refractivity contribution >= 4 is 86.2 Å². The molecule has 11 rings (SSSR count). The number of halogens is 2. The van der Waals surface area contributed by atoms with Gasteiger partial charge in [-0.3, -0.25) is 9.59 Å². The molecule has 16 nitrogen and oxygen atoms in total. The first kappa shape index (κ1) is 61.1. The first-order chi connectivity index (χ1) is 41.0. The van der Waals surface area contributed by atoms with Gasteiger partial charge in [0.15, 0.2) is 12.2 Å². The average Bonchev–Trinajstić information content (AvgIpc) is 1.28. The van der Waals surface area contributed by atoms with Crippen molar-refractivity contribution in [2.24, 2.45) is 17.6 Å². The van der Waals surface area contributed by atoms with Crippen LogP contribution in [-0.2, 0) is 30.4 Å². The Labute approximate surface area is 512 Å². The number of nitrogens with two attached hydrogens (primary N) is 1. The van der Waals surface area contributed by atoms with Crippen molar-refractivity contribution in [3.05, 3.63) is 154 Å². The van der Waals surface area contributed by atoms with Crippen LogP contribution in [0.25, 0.3) is 43.8 Å². The highest BCUT2D eigenvalue weighted by Crippen LogP contribution is 2.47. The van der Waals surface area contributed by atoms with E-state index in [4.69, 9.17) is 52.6 Å². The maximum Gasteiger partial charge on any atom is 0.410 e. The summed E-state index contributed by atoms with van der Waals surface area (Å²) in [6.45, 7) is 18.6. The Hall–Kier alpha value is -8.05. The van der Waals surface area contributed by atoms with Crippen molar-refractivity contribution < 1.29 is 47.7 Å². The molecule has 4 aliphatic heterocycles. The molecule has 2 saturated heterocycles. The van der Waals surface area contributed by atoms with E-state index >= 15 is 0 Å². The summed E-state index contributed by atoms with van der Waals surface area (Å²) >= 11 is 13.9. The number of fused-ring (bicyclic) bond motifs is 4. The first-order valence-electron chi connectivity index (χ1n) is 29.2. The van der Waals surface area contributed by atoms with E-state index < -0.39 is 29.5 Å². The number of aryl methyl sites for hydroxylation is 2. The zero-order valence-corrected chi connectivity index (χ0v) is 51.4. The molecule has 0 aromatic heterocycles. The molecular weight excluding hydrogens is 1130 g/mol. The summed E-state index contributed by atoms with van der Waals surface area (Å²) in [6, 6.07) is 41.7. The van der Waals surface area contributed by atoms with Gasteiger partial charge >= 0.3 is 18.3 Å². The molecule has 0 saturated carbocycles. The number of rotatable bonds is 13. The topological polar surface area (TPSA) is 183 Å². The number of anilines is 2. The van der Waals surface area contributed by atoms with Gasteiger partial charge in [0, 0.05) is 81.6 Å². The summed E-state index contributed by atoms with van der Waals surface area (Å²) in [7, 11) is 0. The quantitative estimate of drug-likeness (QED) is 0.105. The van der Waals surface area contributed by atoms with E-state index in [0.29, 0.717) is 85.2 Å². The molecule has 0 aliphatic carbocycles. The largest absolute Gasteiger partial charge is 0.478 e. The number of hydrogen-bond donors (Lipinski definition) is 2. The second-order valence-electron chi connectivity index (χ2n) is 24.6. The second-order valence-corrected chi connectivity index (χ2v) is 25.4. The van der Waals surface area contributed by atoms with Gasteiger partial charge in [-0.15, -0.1) is 0 Å². The molecule has 450 valence electrons. The van der Waals surface area contributed by atoms with Crippen LogP contribution in [0.1, 0.15) is 71.1 Å². The molecule has 86 heavy (non-hydrogen) atoms. The van der Waals surface area contributed by atoms with Crippen molar-refractivity contribution in [1.29, 1.82) is 0 Å². The molecule has 0 unspecified atom stereocenters. The number of hydrogen-bond acceptors (Lipinski definition) is 11. The highest BCUT2D eigenvalue weighted by Gasteiger charge is 2.43. The number of nitrogens with zero attached hydrogens (tertiary/aromatic N) is 4. The number of amides is 5. The Morgan fingerprint density at radius 3 is 1.45 bits per heavy atom.